The van der Waals surface area contributed by atoms with Crippen LogP contribution in [0.25, 0.3) is 10.2 Å². The van der Waals surface area contributed by atoms with E-state index in [2.05, 4.69) is 9.71 Å². The summed E-state index contributed by atoms with van der Waals surface area (Å²) in [5, 5.41) is 10.0. The van der Waals surface area contributed by atoms with Crippen LogP contribution in [0.1, 0.15) is 21.3 Å². The van der Waals surface area contributed by atoms with Crippen LogP contribution in [0.3, 0.4) is 0 Å². The van der Waals surface area contributed by atoms with Gasteiger partial charge >= 0.3 is 0 Å². The second-order valence-electron chi connectivity index (χ2n) is 6.81. The van der Waals surface area contributed by atoms with E-state index in [4.69, 9.17) is 4.74 Å². The van der Waals surface area contributed by atoms with Gasteiger partial charge in [0, 0.05) is 11.3 Å². The van der Waals surface area contributed by atoms with Crippen LogP contribution in [0.4, 0.5) is 5.69 Å². The Balaban J connectivity index is 1.61. The van der Waals surface area contributed by atoms with Crippen LogP contribution in [0, 0.1) is 11.3 Å². The minimum atomic E-state index is -3.95. The summed E-state index contributed by atoms with van der Waals surface area (Å²) in [5.41, 5.74) is 1.18. The van der Waals surface area contributed by atoms with Crippen LogP contribution in [-0.4, -0.2) is 26.3 Å². The molecule has 0 amide bonds. The van der Waals surface area contributed by atoms with E-state index < -0.39 is 21.7 Å². The number of rotatable bonds is 7. The number of thiazole rings is 1. The number of nitrogens with one attached hydrogen (secondary N) is 1. The maximum absolute atomic E-state index is 13.1. The molecular formula is C23H17N3O4S2. The Morgan fingerprint density at radius 3 is 2.53 bits per heavy atom. The highest BCUT2D eigenvalue weighted by Gasteiger charge is 2.26. The van der Waals surface area contributed by atoms with Crippen molar-refractivity contribution in [2.75, 3.05) is 11.8 Å². The van der Waals surface area contributed by atoms with Gasteiger partial charge in [-0.1, -0.05) is 24.3 Å². The molecule has 0 aliphatic carbocycles. The van der Waals surface area contributed by atoms with Crippen molar-refractivity contribution in [3.8, 4) is 11.8 Å². The lowest BCUT2D eigenvalue weighted by Crippen LogP contribution is -2.15. The molecule has 1 atom stereocenters. The highest BCUT2D eigenvalue weighted by molar-refractivity contribution is 7.92. The SMILES string of the molecule is COc1ccc(NS(=O)(=O)c2cccc(C(=O)C(C#N)c3nc4ccccc4s3)c2)cc1. The Hall–Kier alpha value is -3.74. The van der Waals surface area contributed by atoms with Crippen molar-refractivity contribution in [2.24, 2.45) is 0 Å². The van der Waals surface area contributed by atoms with Gasteiger partial charge in [-0.25, -0.2) is 13.4 Å². The average molecular weight is 464 g/mol. The van der Waals surface area contributed by atoms with Crippen molar-refractivity contribution in [1.29, 1.82) is 5.26 Å². The first-order valence-electron chi connectivity index (χ1n) is 9.47. The Morgan fingerprint density at radius 2 is 1.84 bits per heavy atom. The molecule has 1 heterocycles. The third-order valence-corrected chi connectivity index (χ3v) is 7.20. The molecule has 3 aromatic carbocycles. The van der Waals surface area contributed by atoms with Crippen LogP contribution < -0.4 is 9.46 Å². The number of sulfonamides is 1. The zero-order valence-electron chi connectivity index (χ0n) is 16.8. The Morgan fingerprint density at radius 1 is 1.09 bits per heavy atom. The number of para-hydroxylation sites is 1. The molecule has 32 heavy (non-hydrogen) atoms. The zero-order valence-corrected chi connectivity index (χ0v) is 18.5. The number of hydrogen-bond acceptors (Lipinski definition) is 7. The van der Waals surface area contributed by atoms with Gasteiger partial charge < -0.3 is 4.74 Å². The Bertz CT molecular complexity index is 1410. The predicted octanol–water partition coefficient (Wildman–Crippen LogP) is 4.60. The molecule has 4 rings (SSSR count). The summed E-state index contributed by atoms with van der Waals surface area (Å²) >= 11 is 1.27. The fourth-order valence-electron chi connectivity index (χ4n) is 3.10. The average Bonchev–Trinajstić information content (AvgIpc) is 3.23. The van der Waals surface area contributed by atoms with Gasteiger partial charge in [-0.2, -0.15) is 5.26 Å². The number of benzene rings is 3. The number of methoxy groups -OCH3 is 1. The molecule has 4 aromatic rings. The molecule has 1 unspecified atom stereocenters. The van der Waals surface area contributed by atoms with Gasteiger partial charge in [0.05, 0.1) is 28.3 Å². The molecule has 0 radical (unpaired) electrons. The van der Waals surface area contributed by atoms with Crippen LogP contribution in [0.15, 0.2) is 77.7 Å². The van der Waals surface area contributed by atoms with Crippen molar-refractivity contribution in [3.05, 3.63) is 83.4 Å². The predicted molar refractivity (Wildman–Crippen MR) is 123 cm³/mol. The molecule has 1 N–H and O–H groups in total. The molecule has 0 fully saturated rings. The number of ether oxygens (including phenoxy) is 1. The molecule has 0 aliphatic rings. The van der Waals surface area contributed by atoms with Crippen LogP contribution >= 0.6 is 11.3 Å². The maximum Gasteiger partial charge on any atom is 0.261 e. The largest absolute Gasteiger partial charge is 0.497 e. The van der Waals surface area contributed by atoms with Gasteiger partial charge in [0.1, 0.15) is 10.8 Å². The number of nitrogens with zero attached hydrogens (tertiary/aromatic N) is 2. The first-order chi connectivity index (χ1) is 15.4. The van der Waals surface area contributed by atoms with E-state index >= 15 is 0 Å². The molecule has 0 spiro atoms. The van der Waals surface area contributed by atoms with E-state index in [9.17, 15) is 18.5 Å². The number of carbonyl (C=O) groups excluding carboxylic acids is 1. The fraction of sp³-hybridized carbons (Fsp3) is 0.0870. The van der Waals surface area contributed by atoms with E-state index in [0.717, 1.165) is 4.70 Å². The second kappa shape index (κ2) is 8.78. The number of hydrogen-bond donors (Lipinski definition) is 1. The third kappa shape index (κ3) is 4.32. The van der Waals surface area contributed by atoms with Crippen LogP contribution in [0.5, 0.6) is 5.75 Å². The number of anilines is 1. The zero-order chi connectivity index (χ0) is 22.7. The van der Waals surface area contributed by atoms with Crippen molar-refractivity contribution in [3.63, 3.8) is 0 Å². The number of carbonyl (C=O) groups is 1. The van der Waals surface area contributed by atoms with E-state index in [1.54, 1.807) is 24.3 Å². The first kappa shape index (κ1) is 21.5. The highest BCUT2D eigenvalue weighted by atomic mass is 32.2. The van der Waals surface area contributed by atoms with Gasteiger partial charge in [-0.3, -0.25) is 9.52 Å². The lowest BCUT2D eigenvalue weighted by molar-refractivity contribution is 0.0978. The molecular weight excluding hydrogens is 446 g/mol. The smallest absolute Gasteiger partial charge is 0.261 e. The molecule has 0 saturated heterocycles. The summed E-state index contributed by atoms with van der Waals surface area (Å²) in [6.45, 7) is 0. The summed E-state index contributed by atoms with van der Waals surface area (Å²) in [5.74, 6) is -1.04. The second-order valence-corrected chi connectivity index (χ2v) is 9.55. The van der Waals surface area contributed by atoms with Crippen molar-refractivity contribution in [2.45, 2.75) is 10.8 Å². The van der Waals surface area contributed by atoms with Gasteiger partial charge in [0.25, 0.3) is 10.0 Å². The monoisotopic (exact) mass is 463 g/mol. The van der Waals surface area contributed by atoms with Crippen LogP contribution in [-0.2, 0) is 10.0 Å². The summed E-state index contributed by atoms with van der Waals surface area (Å²) in [6, 6.07) is 21.4. The number of aromatic nitrogens is 1. The number of nitriles is 1. The van der Waals surface area contributed by atoms with Crippen molar-refractivity contribution < 1.29 is 17.9 Å². The van der Waals surface area contributed by atoms with Crippen molar-refractivity contribution in [1.82, 2.24) is 4.98 Å². The molecule has 7 nitrogen and oxygen atoms in total. The summed E-state index contributed by atoms with van der Waals surface area (Å²) in [4.78, 5) is 17.4. The molecule has 0 bridgehead atoms. The standard InChI is InChI=1S/C23H17N3O4S2/c1-30-17-11-9-16(10-12-17)26-32(28,29)18-6-4-5-15(13-18)22(27)19(14-24)23-25-20-7-2-3-8-21(20)31-23/h2-13,19,26H,1H3. The number of fused-ring (bicyclic) bond motifs is 1. The lowest BCUT2D eigenvalue weighted by atomic mass is 9.99. The quantitative estimate of drug-likeness (QED) is 0.401. The van der Waals surface area contributed by atoms with E-state index in [1.165, 1.54) is 42.7 Å². The lowest BCUT2D eigenvalue weighted by Gasteiger charge is -2.11. The molecule has 0 saturated carbocycles. The van der Waals surface area contributed by atoms with Crippen molar-refractivity contribution >= 4 is 43.0 Å². The normalized spacial score (nSPS) is 12.1. The summed E-state index contributed by atoms with van der Waals surface area (Å²) < 4.78 is 34.1. The van der Waals surface area contributed by atoms with Crippen LogP contribution in [0.2, 0.25) is 0 Å². The highest BCUT2D eigenvalue weighted by Crippen LogP contribution is 2.30. The van der Waals surface area contributed by atoms with Gasteiger partial charge in [-0.15, -0.1) is 11.3 Å². The fourth-order valence-corrected chi connectivity index (χ4v) is 5.21. The maximum atomic E-state index is 13.1. The topological polar surface area (TPSA) is 109 Å². The summed E-state index contributed by atoms with van der Waals surface area (Å²) in [7, 11) is -2.43. The van der Waals surface area contributed by atoms with E-state index in [-0.39, 0.29) is 10.5 Å². The molecule has 0 aliphatic heterocycles. The van der Waals surface area contributed by atoms with Gasteiger partial charge in [0.2, 0.25) is 0 Å². The minimum absolute atomic E-state index is 0.0832. The number of Topliss-reactive ketones (excluding diaryl/α,β-unsaturated/α-hetero) is 1. The first-order valence-corrected chi connectivity index (χ1v) is 11.8. The van der Waals surface area contributed by atoms with Gasteiger partial charge in [-0.05, 0) is 48.5 Å². The Kier molecular flexibility index (Phi) is 5.90. The van der Waals surface area contributed by atoms with E-state index in [1.807, 2.05) is 30.3 Å². The molecule has 9 heteroatoms. The molecule has 1 aromatic heterocycles. The number of ketones is 1. The summed E-state index contributed by atoms with van der Waals surface area (Å²) in [6.07, 6.45) is 0. The van der Waals surface area contributed by atoms with E-state index in [0.29, 0.717) is 22.0 Å². The minimum Gasteiger partial charge on any atom is -0.497 e. The third-order valence-electron chi connectivity index (χ3n) is 4.72. The van der Waals surface area contributed by atoms with Gasteiger partial charge in [0.15, 0.2) is 11.7 Å². The Labute approximate surface area is 189 Å². The molecule has 160 valence electrons.